The molecule has 0 amide bonds. The molecule has 0 N–H and O–H groups in total. The summed E-state index contributed by atoms with van der Waals surface area (Å²) in [6.45, 7) is 0.281. The van der Waals surface area contributed by atoms with Crippen molar-refractivity contribution in [1.29, 1.82) is 0 Å². The third kappa shape index (κ3) is 3.45. The zero-order valence-electron chi connectivity index (χ0n) is 15.7. The van der Waals surface area contributed by atoms with Crippen molar-refractivity contribution in [3.8, 4) is 10.6 Å². The zero-order chi connectivity index (χ0) is 20.9. The van der Waals surface area contributed by atoms with Gasteiger partial charge in [-0.05, 0) is 43.4 Å². The highest BCUT2D eigenvalue weighted by atomic mass is 32.1. The monoisotopic (exact) mass is 447 g/mol. The fraction of sp³-hybridized carbons (Fsp3) is 0.286. The van der Waals surface area contributed by atoms with E-state index >= 15 is 0 Å². The number of hydrogen-bond acceptors (Lipinski definition) is 5. The molecule has 0 atom stereocenters. The number of thiazole rings is 1. The van der Waals surface area contributed by atoms with Crippen LogP contribution in [0.4, 0.5) is 13.2 Å². The van der Waals surface area contributed by atoms with Crippen molar-refractivity contribution in [3.63, 3.8) is 0 Å². The number of fused-ring (bicyclic) bond motifs is 3. The maximum absolute atomic E-state index is 13.1. The first-order valence-electron chi connectivity index (χ1n) is 9.52. The fourth-order valence-corrected chi connectivity index (χ4v) is 5.82. The van der Waals surface area contributed by atoms with Crippen LogP contribution in [0, 0.1) is 0 Å². The average molecular weight is 448 g/mol. The Balaban J connectivity index is 1.43. The molecule has 9 heteroatoms. The Kier molecular flexibility index (Phi) is 4.74. The van der Waals surface area contributed by atoms with E-state index in [2.05, 4.69) is 9.97 Å². The van der Waals surface area contributed by atoms with Crippen LogP contribution in [0.15, 0.2) is 40.8 Å². The van der Waals surface area contributed by atoms with Crippen LogP contribution in [0.2, 0.25) is 0 Å². The summed E-state index contributed by atoms with van der Waals surface area (Å²) in [5.41, 5.74) is 1.71. The van der Waals surface area contributed by atoms with Gasteiger partial charge in [-0.2, -0.15) is 13.2 Å². The van der Waals surface area contributed by atoms with Crippen molar-refractivity contribution in [2.24, 2.45) is 0 Å². The first kappa shape index (κ1) is 19.4. The predicted octanol–water partition coefficient (Wildman–Crippen LogP) is 5.53. The lowest BCUT2D eigenvalue weighted by atomic mass is 9.97. The molecule has 3 aromatic heterocycles. The number of thiophene rings is 1. The van der Waals surface area contributed by atoms with Crippen LogP contribution in [0.5, 0.6) is 0 Å². The molecule has 5 rings (SSSR count). The molecule has 0 unspecified atom stereocenters. The second kappa shape index (κ2) is 7.31. The minimum atomic E-state index is -4.36. The van der Waals surface area contributed by atoms with Crippen molar-refractivity contribution in [2.75, 3.05) is 0 Å². The van der Waals surface area contributed by atoms with Gasteiger partial charge in [-0.1, -0.05) is 12.1 Å². The van der Waals surface area contributed by atoms with E-state index in [9.17, 15) is 18.0 Å². The summed E-state index contributed by atoms with van der Waals surface area (Å²) in [7, 11) is 0. The van der Waals surface area contributed by atoms with E-state index in [0.717, 1.165) is 53.6 Å². The van der Waals surface area contributed by atoms with Crippen molar-refractivity contribution in [2.45, 2.75) is 38.4 Å². The van der Waals surface area contributed by atoms with E-state index in [1.807, 2.05) is 5.38 Å². The summed E-state index contributed by atoms with van der Waals surface area (Å²) >= 11 is 2.96. The topological polar surface area (TPSA) is 47.8 Å². The second-order valence-corrected chi connectivity index (χ2v) is 9.23. The third-order valence-corrected chi connectivity index (χ3v) is 7.43. The van der Waals surface area contributed by atoms with E-state index in [-0.39, 0.29) is 12.1 Å². The van der Waals surface area contributed by atoms with Crippen molar-refractivity contribution < 1.29 is 13.2 Å². The summed E-state index contributed by atoms with van der Waals surface area (Å²) in [5, 5.41) is 3.18. The van der Waals surface area contributed by atoms with Crippen LogP contribution in [-0.2, 0) is 25.6 Å². The third-order valence-electron chi connectivity index (χ3n) is 5.29. The summed E-state index contributed by atoms with van der Waals surface area (Å²) < 4.78 is 39.8. The zero-order valence-corrected chi connectivity index (χ0v) is 17.3. The van der Waals surface area contributed by atoms with E-state index in [4.69, 9.17) is 0 Å². The second-order valence-electron chi connectivity index (χ2n) is 7.29. The molecule has 4 nitrogen and oxygen atoms in total. The molecule has 0 spiro atoms. The lowest BCUT2D eigenvalue weighted by Gasteiger charge is -2.10. The quantitative estimate of drug-likeness (QED) is 0.415. The van der Waals surface area contributed by atoms with E-state index < -0.39 is 11.7 Å². The Morgan fingerprint density at radius 1 is 1.10 bits per heavy atom. The van der Waals surface area contributed by atoms with Gasteiger partial charge in [0.1, 0.15) is 9.84 Å². The van der Waals surface area contributed by atoms with Gasteiger partial charge in [-0.15, -0.1) is 22.7 Å². The molecule has 0 saturated carbocycles. The molecule has 4 aromatic rings. The standard InChI is InChI=1S/C21H16F3N3OS2/c22-21(23,24)13-7-5-12(6-8-13)18-26-14(10-29-18)9-27-11-25-19-17(20(27)28)15-3-1-2-4-16(15)30-19/h5-8,10-11H,1-4,9H2. The molecule has 1 aliphatic rings. The van der Waals surface area contributed by atoms with Crippen LogP contribution in [0.3, 0.4) is 0 Å². The number of aryl methyl sites for hydroxylation is 2. The van der Waals surface area contributed by atoms with Crippen LogP contribution in [0.1, 0.15) is 34.5 Å². The predicted molar refractivity (Wildman–Crippen MR) is 112 cm³/mol. The summed E-state index contributed by atoms with van der Waals surface area (Å²) in [6.07, 6.45) is 1.38. The van der Waals surface area contributed by atoms with Gasteiger partial charge in [0.25, 0.3) is 5.56 Å². The molecule has 0 bridgehead atoms. The number of halogens is 3. The Hall–Kier alpha value is -2.52. The van der Waals surface area contributed by atoms with Gasteiger partial charge >= 0.3 is 6.18 Å². The number of rotatable bonds is 3. The van der Waals surface area contributed by atoms with E-state index in [1.165, 1.54) is 28.3 Å². The number of benzene rings is 1. The number of nitrogens with zero attached hydrogens (tertiary/aromatic N) is 3. The lowest BCUT2D eigenvalue weighted by Crippen LogP contribution is -2.21. The minimum absolute atomic E-state index is 0.0523. The minimum Gasteiger partial charge on any atom is -0.293 e. The molecule has 0 fully saturated rings. The van der Waals surface area contributed by atoms with E-state index in [0.29, 0.717) is 16.3 Å². The molecule has 1 aliphatic carbocycles. The molecular formula is C21H16F3N3OS2. The van der Waals surface area contributed by atoms with Gasteiger partial charge in [0.05, 0.1) is 29.5 Å². The normalized spacial score (nSPS) is 14.2. The molecule has 0 aliphatic heterocycles. The van der Waals surface area contributed by atoms with Crippen molar-refractivity contribution in [3.05, 3.63) is 68.0 Å². The van der Waals surface area contributed by atoms with Crippen LogP contribution < -0.4 is 5.56 Å². The summed E-state index contributed by atoms with van der Waals surface area (Å²) in [5.74, 6) is 0. The smallest absolute Gasteiger partial charge is 0.293 e. The molecule has 0 saturated heterocycles. The number of alkyl halides is 3. The van der Waals surface area contributed by atoms with Crippen molar-refractivity contribution >= 4 is 32.9 Å². The van der Waals surface area contributed by atoms with Gasteiger partial charge in [-0.3, -0.25) is 9.36 Å². The Morgan fingerprint density at radius 2 is 1.87 bits per heavy atom. The Morgan fingerprint density at radius 3 is 2.63 bits per heavy atom. The maximum atomic E-state index is 13.1. The van der Waals surface area contributed by atoms with Gasteiger partial charge in [0.15, 0.2) is 0 Å². The molecule has 3 heterocycles. The molecule has 154 valence electrons. The van der Waals surface area contributed by atoms with Crippen LogP contribution in [0.25, 0.3) is 20.8 Å². The number of aromatic nitrogens is 3. The molecule has 1 aromatic carbocycles. The van der Waals surface area contributed by atoms with Gasteiger partial charge in [-0.25, -0.2) is 9.97 Å². The first-order valence-corrected chi connectivity index (χ1v) is 11.2. The van der Waals surface area contributed by atoms with Gasteiger partial charge < -0.3 is 0 Å². The first-order chi connectivity index (χ1) is 14.4. The Labute approximate surface area is 177 Å². The van der Waals surface area contributed by atoms with Crippen LogP contribution >= 0.6 is 22.7 Å². The highest BCUT2D eigenvalue weighted by molar-refractivity contribution is 7.18. The average Bonchev–Trinajstić information content (AvgIpc) is 3.34. The van der Waals surface area contributed by atoms with Gasteiger partial charge in [0.2, 0.25) is 0 Å². The summed E-state index contributed by atoms with van der Waals surface area (Å²) in [6, 6.07) is 4.95. The maximum Gasteiger partial charge on any atom is 0.416 e. The van der Waals surface area contributed by atoms with Crippen LogP contribution in [-0.4, -0.2) is 14.5 Å². The lowest BCUT2D eigenvalue weighted by molar-refractivity contribution is -0.137. The van der Waals surface area contributed by atoms with Crippen molar-refractivity contribution in [1.82, 2.24) is 14.5 Å². The van der Waals surface area contributed by atoms with E-state index in [1.54, 1.807) is 22.2 Å². The molecular weight excluding hydrogens is 431 g/mol. The summed E-state index contributed by atoms with van der Waals surface area (Å²) in [4.78, 5) is 24.2. The van der Waals surface area contributed by atoms with Gasteiger partial charge in [0, 0.05) is 15.8 Å². The largest absolute Gasteiger partial charge is 0.416 e. The fourth-order valence-electron chi connectivity index (χ4n) is 3.78. The highest BCUT2D eigenvalue weighted by Crippen LogP contribution is 2.34. The number of hydrogen-bond donors (Lipinski definition) is 0. The SMILES string of the molecule is O=c1c2c3c(sc2ncn1Cc1csc(-c2ccc(C(F)(F)F)cc2)n1)CCCC3. The molecule has 30 heavy (non-hydrogen) atoms. The highest BCUT2D eigenvalue weighted by Gasteiger charge is 2.30. The molecule has 0 radical (unpaired) electrons. The Bertz CT molecular complexity index is 1290.